The SMILES string of the molecule is CC(N)(C#N)CCCOc1cccc2ncccc12. The Bertz CT molecular complexity index is 596. The van der Waals surface area contributed by atoms with Gasteiger partial charge in [-0.25, -0.2) is 0 Å². The molecule has 0 amide bonds. The van der Waals surface area contributed by atoms with E-state index >= 15 is 0 Å². The van der Waals surface area contributed by atoms with Gasteiger partial charge < -0.3 is 10.5 Å². The van der Waals surface area contributed by atoms with Crippen LogP contribution in [0, 0.1) is 11.3 Å². The number of benzene rings is 1. The Balaban J connectivity index is 1.98. The van der Waals surface area contributed by atoms with Gasteiger partial charge in [-0.2, -0.15) is 5.26 Å². The zero-order valence-corrected chi connectivity index (χ0v) is 11.0. The molecule has 0 spiro atoms. The van der Waals surface area contributed by atoms with E-state index in [1.807, 2.05) is 30.3 Å². The largest absolute Gasteiger partial charge is 0.493 e. The predicted octanol–water partition coefficient (Wildman–Crippen LogP) is 2.63. The van der Waals surface area contributed by atoms with Gasteiger partial charge in [0.15, 0.2) is 0 Å². The van der Waals surface area contributed by atoms with Gasteiger partial charge >= 0.3 is 0 Å². The standard InChI is InChI=1S/C15H17N3O/c1-15(17,11-16)8-4-10-19-14-7-2-6-13-12(14)5-3-9-18-13/h2-3,5-7,9H,4,8,10,17H2,1H3. The van der Waals surface area contributed by atoms with Gasteiger partial charge in [-0.15, -0.1) is 0 Å². The van der Waals surface area contributed by atoms with E-state index in [1.165, 1.54) is 0 Å². The summed E-state index contributed by atoms with van der Waals surface area (Å²) in [7, 11) is 0. The molecule has 2 aromatic rings. The summed E-state index contributed by atoms with van der Waals surface area (Å²) in [6.07, 6.45) is 3.13. The monoisotopic (exact) mass is 255 g/mol. The zero-order chi connectivity index (χ0) is 13.7. The van der Waals surface area contributed by atoms with Crippen LogP contribution in [0.5, 0.6) is 5.75 Å². The number of rotatable bonds is 5. The minimum Gasteiger partial charge on any atom is -0.493 e. The Kier molecular flexibility index (Phi) is 3.98. The number of nitriles is 1. The Labute approximate surface area is 112 Å². The van der Waals surface area contributed by atoms with Gasteiger partial charge in [-0.3, -0.25) is 4.98 Å². The van der Waals surface area contributed by atoms with Crippen LogP contribution in [0.15, 0.2) is 36.5 Å². The third kappa shape index (κ3) is 3.43. The normalized spacial score (nSPS) is 13.7. The predicted molar refractivity (Wildman–Crippen MR) is 74.7 cm³/mol. The number of pyridine rings is 1. The van der Waals surface area contributed by atoms with Crippen molar-refractivity contribution in [3.63, 3.8) is 0 Å². The fourth-order valence-electron chi connectivity index (χ4n) is 1.88. The molecule has 1 aromatic carbocycles. The summed E-state index contributed by atoms with van der Waals surface area (Å²) >= 11 is 0. The minimum absolute atomic E-state index is 0.544. The average molecular weight is 255 g/mol. The summed E-state index contributed by atoms with van der Waals surface area (Å²) in [5.41, 5.74) is 5.90. The maximum atomic E-state index is 8.83. The van der Waals surface area contributed by atoms with E-state index in [0.29, 0.717) is 13.0 Å². The van der Waals surface area contributed by atoms with Gasteiger partial charge in [0, 0.05) is 11.6 Å². The lowest BCUT2D eigenvalue weighted by Crippen LogP contribution is -2.34. The molecule has 1 aromatic heterocycles. The first-order valence-corrected chi connectivity index (χ1v) is 6.29. The summed E-state index contributed by atoms with van der Waals surface area (Å²) in [6.45, 7) is 2.28. The summed E-state index contributed by atoms with van der Waals surface area (Å²) in [6, 6.07) is 11.8. The third-order valence-corrected chi connectivity index (χ3v) is 2.96. The Morgan fingerprint density at radius 3 is 3.00 bits per heavy atom. The molecule has 4 nitrogen and oxygen atoms in total. The molecule has 2 rings (SSSR count). The first-order valence-electron chi connectivity index (χ1n) is 6.29. The van der Waals surface area contributed by atoms with Crippen LogP contribution in [0.2, 0.25) is 0 Å². The van der Waals surface area contributed by atoms with E-state index in [2.05, 4.69) is 11.1 Å². The van der Waals surface area contributed by atoms with E-state index in [-0.39, 0.29) is 0 Å². The molecule has 1 unspecified atom stereocenters. The minimum atomic E-state index is -0.774. The van der Waals surface area contributed by atoms with Crippen molar-refractivity contribution in [3.05, 3.63) is 36.5 Å². The Morgan fingerprint density at radius 2 is 2.21 bits per heavy atom. The molecule has 0 saturated heterocycles. The highest BCUT2D eigenvalue weighted by Crippen LogP contribution is 2.23. The molecule has 0 saturated carbocycles. The Hall–Kier alpha value is -2.12. The van der Waals surface area contributed by atoms with Gasteiger partial charge in [-0.1, -0.05) is 6.07 Å². The van der Waals surface area contributed by atoms with E-state index in [1.54, 1.807) is 13.1 Å². The Morgan fingerprint density at radius 1 is 1.37 bits per heavy atom. The van der Waals surface area contributed by atoms with Crippen molar-refractivity contribution in [1.29, 1.82) is 5.26 Å². The van der Waals surface area contributed by atoms with Gasteiger partial charge in [0.05, 0.1) is 18.2 Å². The molecule has 0 aliphatic rings. The number of aromatic nitrogens is 1. The van der Waals surface area contributed by atoms with Gasteiger partial charge in [0.25, 0.3) is 0 Å². The average Bonchev–Trinajstić information content (AvgIpc) is 2.44. The second-order valence-corrected chi connectivity index (χ2v) is 4.81. The first kappa shape index (κ1) is 13.3. The highest BCUT2D eigenvalue weighted by atomic mass is 16.5. The first-order chi connectivity index (χ1) is 9.12. The second kappa shape index (κ2) is 5.68. The van der Waals surface area contributed by atoms with Gasteiger partial charge in [0.2, 0.25) is 0 Å². The van der Waals surface area contributed by atoms with Crippen LogP contribution >= 0.6 is 0 Å². The highest BCUT2D eigenvalue weighted by Gasteiger charge is 2.16. The van der Waals surface area contributed by atoms with Crippen molar-refractivity contribution in [1.82, 2.24) is 4.98 Å². The number of nitrogens with two attached hydrogens (primary N) is 1. The van der Waals surface area contributed by atoms with E-state index in [4.69, 9.17) is 15.7 Å². The molecule has 0 aliphatic carbocycles. The lowest BCUT2D eigenvalue weighted by atomic mass is 10.00. The molecule has 4 heteroatoms. The fraction of sp³-hybridized carbons (Fsp3) is 0.333. The van der Waals surface area contributed by atoms with Gasteiger partial charge in [0.1, 0.15) is 11.3 Å². The van der Waals surface area contributed by atoms with E-state index in [9.17, 15) is 0 Å². The summed E-state index contributed by atoms with van der Waals surface area (Å²) < 4.78 is 5.75. The highest BCUT2D eigenvalue weighted by molar-refractivity contribution is 5.84. The molecule has 1 atom stereocenters. The number of hydrogen-bond donors (Lipinski definition) is 1. The van der Waals surface area contributed by atoms with Crippen LogP contribution in [-0.2, 0) is 0 Å². The van der Waals surface area contributed by atoms with Crippen LogP contribution in [0.1, 0.15) is 19.8 Å². The topological polar surface area (TPSA) is 71.9 Å². The van der Waals surface area contributed by atoms with Crippen molar-refractivity contribution in [2.24, 2.45) is 5.73 Å². The van der Waals surface area contributed by atoms with Gasteiger partial charge in [-0.05, 0) is 44.0 Å². The second-order valence-electron chi connectivity index (χ2n) is 4.81. The number of ether oxygens (including phenoxy) is 1. The molecule has 1 heterocycles. The molecule has 19 heavy (non-hydrogen) atoms. The van der Waals surface area contributed by atoms with Crippen molar-refractivity contribution in [2.75, 3.05) is 6.61 Å². The van der Waals surface area contributed by atoms with Crippen LogP contribution in [-0.4, -0.2) is 17.1 Å². The molecular formula is C15H17N3O. The van der Waals surface area contributed by atoms with E-state index < -0.39 is 5.54 Å². The molecule has 0 bridgehead atoms. The maximum Gasteiger partial charge on any atom is 0.128 e. The summed E-state index contributed by atoms with van der Waals surface area (Å²) in [4.78, 5) is 4.28. The number of hydrogen-bond acceptors (Lipinski definition) is 4. The third-order valence-electron chi connectivity index (χ3n) is 2.96. The number of nitrogens with zero attached hydrogens (tertiary/aromatic N) is 2. The van der Waals surface area contributed by atoms with Crippen LogP contribution in [0.4, 0.5) is 0 Å². The molecule has 0 radical (unpaired) electrons. The van der Waals surface area contributed by atoms with Crippen molar-refractivity contribution in [3.8, 4) is 11.8 Å². The number of fused-ring (bicyclic) bond motifs is 1. The van der Waals surface area contributed by atoms with Crippen molar-refractivity contribution >= 4 is 10.9 Å². The van der Waals surface area contributed by atoms with E-state index in [0.717, 1.165) is 23.1 Å². The molecule has 2 N–H and O–H groups in total. The van der Waals surface area contributed by atoms with Crippen LogP contribution in [0.25, 0.3) is 10.9 Å². The molecule has 98 valence electrons. The zero-order valence-electron chi connectivity index (χ0n) is 11.0. The molecule has 0 aliphatic heterocycles. The summed E-state index contributed by atoms with van der Waals surface area (Å²) in [5.74, 6) is 0.821. The molecule has 0 fully saturated rings. The lowest BCUT2D eigenvalue weighted by molar-refractivity contribution is 0.299. The van der Waals surface area contributed by atoms with Crippen LogP contribution < -0.4 is 10.5 Å². The summed E-state index contributed by atoms with van der Waals surface area (Å²) in [5, 5.41) is 9.83. The van der Waals surface area contributed by atoms with Crippen molar-refractivity contribution < 1.29 is 4.74 Å². The van der Waals surface area contributed by atoms with Crippen LogP contribution in [0.3, 0.4) is 0 Å². The quantitative estimate of drug-likeness (QED) is 0.834. The molecular weight excluding hydrogens is 238 g/mol. The fourth-order valence-corrected chi connectivity index (χ4v) is 1.88. The lowest BCUT2D eigenvalue weighted by Gasteiger charge is -2.15. The maximum absolute atomic E-state index is 8.83. The van der Waals surface area contributed by atoms with Crippen molar-refractivity contribution in [2.45, 2.75) is 25.3 Å². The smallest absolute Gasteiger partial charge is 0.128 e.